The van der Waals surface area contributed by atoms with Gasteiger partial charge in [0.1, 0.15) is 0 Å². The molecule has 0 aromatic heterocycles. The van der Waals surface area contributed by atoms with Gasteiger partial charge in [-0.2, -0.15) is 0 Å². The van der Waals surface area contributed by atoms with Crippen LogP contribution in [0.2, 0.25) is 0 Å². The minimum Gasteiger partial charge on any atom is -1.00 e. The Kier molecular flexibility index (Phi) is 21.5. The van der Waals surface area contributed by atoms with Gasteiger partial charge in [-0.15, -0.1) is 24.8 Å². The van der Waals surface area contributed by atoms with Crippen LogP contribution in [-0.4, -0.2) is 21.9 Å². The first-order valence-electron chi connectivity index (χ1n) is 7.93. The van der Waals surface area contributed by atoms with Crippen molar-refractivity contribution in [2.75, 3.05) is 0 Å². The van der Waals surface area contributed by atoms with Gasteiger partial charge in [0.25, 0.3) is 0 Å². The number of amides is 1. The van der Waals surface area contributed by atoms with Crippen molar-refractivity contribution in [3.05, 3.63) is 35.9 Å². The molecule has 1 saturated carbocycles. The molecular weight excluding hydrogens is 370 g/mol. The molecule has 1 fully saturated rings. The Morgan fingerprint density at radius 3 is 1.84 bits per heavy atom. The Labute approximate surface area is 189 Å². The molecule has 1 aromatic rings. The number of rotatable bonds is 1. The molecule has 0 heterocycles. The maximum Gasteiger partial charge on any atom is 1.00 e. The van der Waals surface area contributed by atoms with Gasteiger partial charge in [-0.05, 0) is 40.5 Å². The molecule has 1 amide bonds. The molecule has 0 radical (unpaired) electrons. The second-order valence-electron chi connectivity index (χ2n) is 6.87. The molecule has 1 aliphatic carbocycles. The zero-order valence-electron chi connectivity index (χ0n) is 17.2. The van der Waals surface area contributed by atoms with Gasteiger partial charge in [-0.1, -0.05) is 55.2 Å². The number of aryl methyl sites for hydroxylation is 1. The van der Waals surface area contributed by atoms with Gasteiger partial charge in [0.15, 0.2) is 0 Å². The van der Waals surface area contributed by atoms with E-state index < -0.39 is 0 Å². The first kappa shape index (κ1) is 32.8. The Balaban J connectivity index is -0.000000107. The van der Waals surface area contributed by atoms with E-state index in [1.807, 2.05) is 39.0 Å². The van der Waals surface area contributed by atoms with Crippen LogP contribution in [0.4, 0.5) is 0 Å². The Morgan fingerprint density at radius 2 is 1.52 bits per heavy atom. The predicted molar refractivity (Wildman–Crippen MR) is 108 cm³/mol. The minimum atomic E-state index is -0.255. The summed E-state index contributed by atoms with van der Waals surface area (Å²) in [6.07, 6.45) is 5.65. The molecule has 0 aliphatic heterocycles. The smallest absolute Gasteiger partial charge is 1.00 e. The molecule has 7 heteroatoms. The first-order valence-corrected chi connectivity index (χ1v) is 7.93. The molecule has 2 rings (SSSR count). The summed E-state index contributed by atoms with van der Waals surface area (Å²) in [4.78, 5) is 11.9. The molecule has 0 atom stereocenters. The molecule has 0 bridgehead atoms. The Bertz CT molecular complexity index is 443. The summed E-state index contributed by atoms with van der Waals surface area (Å²) in [5, 5.41) is 1.41. The number of nitrogens with two attached hydrogens (primary N) is 1. The summed E-state index contributed by atoms with van der Waals surface area (Å²) in [5.74, 6) is 6.11. The normalized spacial score (nSPS) is 13.3. The first-order chi connectivity index (χ1) is 9.82. The number of benzene rings is 1. The summed E-state index contributed by atoms with van der Waals surface area (Å²) in [5.41, 5.74) is 1.07. The van der Waals surface area contributed by atoms with E-state index in [4.69, 9.17) is 5.84 Å². The number of hydrogen-bond acceptors (Lipinski definition) is 2. The van der Waals surface area contributed by atoms with Gasteiger partial charge < -0.3 is 6.90 Å². The third-order valence-electron chi connectivity index (χ3n) is 3.86. The molecular formula is C18H35Cl2N2NaO2. The maximum absolute atomic E-state index is 11.9. The minimum absolute atomic E-state index is 0. The second kappa shape index (κ2) is 16.4. The van der Waals surface area contributed by atoms with Gasteiger partial charge in [-0.3, -0.25) is 9.80 Å². The van der Waals surface area contributed by atoms with Gasteiger partial charge in [-0.25, -0.2) is 5.84 Å². The summed E-state index contributed by atoms with van der Waals surface area (Å²) in [7, 11) is 0. The Hall–Kier alpha value is 0.190. The maximum atomic E-state index is 11.9. The fraction of sp³-hybridized carbons (Fsp3) is 0.611. The van der Waals surface area contributed by atoms with Crippen LogP contribution in [0, 0.1) is 12.8 Å². The fourth-order valence-corrected chi connectivity index (χ4v) is 2.41. The molecule has 144 valence electrons. The molecule has 0 unspecified atom stereocenters. The number of hydrogen-bond donors (Lipinski definition) is 1. The second-order valence-corrected chi connectivity index (χ2v) is 6.87. The van der Waals surface area contributed by atoms with Crippen molar-refractivity contribution in [2.45, 2.75) is 65.3 Å². The van der Waals surface area contributed by atoms with Gasteiger partial charge in [0.2, 0.25) is 5.91 Å². The SMILES string of the molecule is CC(C)(C)N(N)C(=O)C1CCCCC1.Cc1ccccc1.Cl.Cl.O.[H-].[Na+]. The summed E-state index contributed by atoms with van der Waals surface area (Å²) in [6.45, 7) is 7.98. The largest absolute Gasteiger partial charge is 1.00 e. The van der Waals surface area contributed by atoms with E-state index in [0.29, 0.717) is 0 Å². The quantitative estimate of drug-likeness (QED) is 0.330. The molecule has 4 N–H and O–H groups in total. The number of hydrazine groups is 1. The summed E-state index contributed by atoms with van der Waals surface area (Å²) >= 11 is 0. The van der Waals surface area contributed by atoms with Crippen molar-refractivity contribution in [1.29, 1.82) is 0 Å². The van der Waals surface area contributed by atoms with Crippen molar-refractivity contribution in [3.8, 4) is 0 Å². The van der Waals surface area contributed by atoms with Crippen LogP contribution < -0.4 is 35.4 Å². The van der Waals surface area contributed by atoms with Gasteiger partial charge >= 0.3 is 29.6 Å². The van der Waals surface area contributed by atoms with Crippen molar-refractivity contribution in [1.82, 2.24) is 5.01 Å². The van der Waals surface area contributed by atoms with Crippen LogP contribution in [0.25, 0.3) is 0 Å². The van der Waals surface area contributed by atoms with E-state index in [1.165, 1.54) is 29.8 Å². The van der Waals surface area contributed by atoms with Crippen molar-refractivity contribution in [2.24, 2.45) is 11.8 Å². The van der Waals surface area contributed by atoms with Crippen LogP contribution in [0.15, 0.2) is 30.3 Å². The molecule has 1 aromatic carbocycles. The van der Waals surface area contributed by atoms with Crippen LogP contribution in [-0.2, 0) is 4.79 Å². The van der Waals surface area contributed by atoms with Crippen LogP contribution in [0.1, 0.15) is 59.9 Å². The predicted octanol–water partition coefficient (Wildman–Crippen LogP) is 1.20. The zero-order valence-corrected chi connectivity index (χ0v) is 19.9. The molecule has 1 aliphatic rings. The van der Waals surface area contributed by atoms with E-state index in [1.54, 1.807) is 0 Å². The average Bonchev–Trinajstić information content (AvgIpc) is 2.47. The zero-order chi connectivity index (χ0) is 15.9. The number of nitrogens with zero attached hydrogens (tertiary/aromatic N) is 1. The van der Waals surface area contributed by atoms with Crippen molar-refractivity contribution >= 4 is 30.7 Å². The van der Waals surface area contributed by atoms with E-state index in [-0.39, 0.29) is 78.6 Å². The number of halogens is 2. The monoisotopic (exact) mass is 404 g/mol. The van der Waals surface area contributed by atoms with Crippen molar-refractivity contribution < 1.29 is 41.3 Å². The molecule has 0 saturated heterocycles. The van der Waals surface area contributed by atoms with E-state index in [0.717, 1.165) is 12.8 Å². The standard InChI is InChI=1S/C11H22N2O.C7H8.2ClH.Na.H2O.H/c1-11(2,3)13(12)10(14)9-7-5-4-6-8-9;1-7-5-3-2-4-6-7;;;;;/h9H,4-8,12H2,1-3H3;2-6H,1H3;2*1H;;1H2;/q;;;;+1;;-1. The van der Waals surface area contributed by atoms with Crippen LogP contribution >= 0.6 is 24.8 Å². The van der Waals surface area contributed by atoms with E-state index in [9.17, 15) is 4.79 Å². The number of carbonyl (C=O) groups excluding carboxylic acids is 1. The van der Waals surface area contributed by atoms with E-state index in [2.05, 4.69) is 19.1 Å². The summed E-state index contributed by atoms with van der Waals surface area (Å²) < 4.78 is 0. The van der Waals surface area contributed by atoms with Crippen LogP contribution in [0.3, 0.4) is 0 Å². The topological polar surface area (TPSA) is 77.8 Å². The molecule has 25 heavy (non-hydrogen) atoms. The van der Waals surface area contributed by atoms with Crippen LogP contribution in [0.5, 0.6) is 0 Å². The van der Waals surface area contributed by atoms with Crippen molar-refractivity contribution in [3.63, 3.8) is 0 Å². The van der Waals surface area contributed by atoms with Gasteiger partial charge in [0, 0.05) is 5.92 Å². The van der Waals surface area contributed by atoms with E-state index >= 15 is 0 Å². The molecule has 0 spiro atoms. The fourth-order valence-electron chi connectivity index (χ4n) is 2.41. The summed E-state index contributed by atoms with van der Waals surface area (Å²) in [6, 6.07) is 10.3. The molecule has 4 nitrogen and oxygen atoms in total. The third kappa shape index (κ3) is 13.1. The van der Waals surface area contributed by atoms with Gasteiger partial charge in [0.05, 0.1) is 5.54 Å². The number of carbonyl (C=O) groups is 1. The average molecular weight is 405 g/mol. The third-order valence-corrected chi connectivity index (χ3v) is 3.86. The Morgan fingerprint density at radius 1 is 1.08 bits per heavy atom.